The van der Waals surface area contributed by atoms with Crippen LogP contribution < -0.4 is 10.6 Å². The number of nitrogens with zero attached hydrogens (tertiary/aromatic N) is 4. The van der Waals surface area contributed by atoms with Gasteiger partial charge in [-0.1, -0.05) is 25.6 Å². The Hall–Kier alpha value is -2.03. The summed E-state index contributed by atoms with van der Waals surface area (Å²) < 4.78 is 39.6. The number of hydrogen-bond donors (Lipinski definition) is 1. The van der Waals surface area contributed by atoms with Gasteiger partial charge in [0.2, 0.25) is 0 Å². The molecule has 5 nitrogen and oxygen atoms in total. The molecular weight excluding hydrogens is 411 g/mol. The molecule has 0 amide bonds. The van der Waals surface area contributed by atoms with Crippen molar-refractivity contribution in [2.75, 3.05) is 23.7 Å². The summed E-state index contributed by atoms with van der Waals surface area (Å²) in [6, 6.07) is 2.83. The van der Waals surface area contributed by atoms with Gasteiger partial charge in [0, 0.05) is 24.2 Å². The van der Waals surface area contributed by atoms with Crippen molar-refractivity contribution in [2.24, 2.45) is 17.3 Å². The summed E-state index contributed by atoms with van der Waals surface area (Å²) in [5.74, 6) is 2.35. The van der Waals surface area contributed by atoms with Crippen molar-refractivity contribution in [3.05, 3.63) is 30.2 Å². The zero-order valence-corrected chi connectivity index (χ0v) is 17.9. The van der Waals surface area contributed by atoms with Crippen molar-refractivity contribution in [1.29, 1.82) is 0 Å². The molecule has 1 aliphatic carbocycles. The van der Waals surface area contributed by atoms with E-state index in [1.54, 1.807) is 6.20 Å². The minimum absolute atomic E-state index is 0.0389. The highest BCUT2D eigenvalue weighted by Crippen LogP contribution is 2.52. The van der Waals surface area contributed by atoms with Crippen LogP contribution in [0, 0.1) is 17.3 Å². The first-order valence-corrected chi connectivity index (χ1v) is 11.1. The van der Waals surface area contributed by atoms with Crippen molar-refractivity contribution in [1.82, 2.24) is 15.0 Å². The van der Waals surface area contributed by atoms with E-state index < -0.39 is 11.9 Å². The van der Waals surface area contributed by atoms with Gasteiger partial charge in [-0.2, -0.15) is 13.2 Å². The van der Waals surface area contributed by atoms with Gasteiger partial charge in [0.25, 0.3) is 0 Å². The van der Waals surface area contributed by atoms with Crippen LogP contribution in [0.5, 0.6) is 0 Å². The SMILES string of the molecule is CC1C[C@@H](C)C2(CCN(c3cnc(Sc4cccnc4C(F)(F)F)c(N)n3)CC2)C1. The van der Waals surface area contributed by atoms with Crippen LogP contribution in [0.25, 0.3) is 0 Å². The van der Waals surface area contributed by atoms with E-state index >= 15 is 0 Å². The van der Waals surface area contributed by atoms with Gasteiger partial charge in [-0.15, -0.1) is 0 Å². The van der Waals surface area contributed by atoms with Crippen LogP contribution in [-0.4, -0.2) is 28.0 Å². The van der Waals surface area contributed by atoms with E-state index in [9.17, 15) is 13.2 Å². The Morgan fingerprint density at radius 1 is 1.20 bits per heavy atom. The van der Waals surface area contributed by atoms with Crippen LogP contribution in [0.2, 0.25) is 0 Å². The third kappa shape index (κ3) is 4.08. The second kappa shape index (κ2) is 7.90. The van der Waals surface area contributed by atoms with E-state index in [-0.39, 0.29) is 15.7 Å². The fraction of sp³-hybridized carbons (Fsp3) is 0.571. The van der Waals surface area contributed by atoms with E-state index in [2.05, 4.69) is 33.7 Å². The van der Waals surface area contributed by atoms with E-state index in [0.717, 1.165) is 55.7 Å². The summed E-state index contributed by atoms with van der Waals surface area (Å²) in [4.78, 5) is 14.4. The molecule has 1 aliphatic heterocycles. The van der Waals surface area contributed by atoms with Crippen LogP contribution in [0.1, 0.15) is 45.2 Å². The Morgan fingerprint density at radius 2 is 1.93 bits per heavy atom. The van der Waals surface area contributed by atoms with Crippen molar-refractivity contribution in [3.63, 3.8) is 0 Å². The molecular formula is C21H26F3N5S. The highest BCUT2D eigenvalue weighted by atomic mass is 32.2. The Morgan fingerprint density at radius 3 is 2.53 bits per heavy atom. The number of piperidine rings is 1. The molecule has 2 aromatic heterocycles. The molecule has 1 unspecified atom stereocenters. The Kier molecular flexibility index (Phi) is 5.59. The van der Waals surface area contributed by atoms with Gasteiger partial charge in [-0.25, -0.2) is 9.97 Å². The lowest BCUT2D eigenvalue weighted by Crippen LogP contribution is -2.42. The molecule has 0 aromatic carbocycles. The number of nitrogen functional groups attached to an aromatic ring is 1. The quantitative estimate of drug-likeness (QED) is 0.705. The molecule has 30 heavy (non-hydrogen) atoms. The predicted octanol–water partition coefficient (Wildman–Crippen LogP) is 5.28. The van der Waals surface area contributed by atoms with Gasteiger partial charge in [-0.3, -0.25) is 4.98 Å². The maximum atomic E-state index is 13.2. The van der Waals surface area contributed by atoms with Crippen molar-refractivity contribution in [3.8, 4) is 0 Å². The highest BCUT2D eigenvalue weighted by Gasteiger charge is 2.45. The predicted molar refractivity (Wildman–Crippen MR) is 111 cm³/mol. The zero-order chi connectivity index (χ0) is 21.5. The third-order valence-electron chi connectivity index (χ3n) is 6.64. The lowest BCUT2D eigenvalue weighted by Gasteiger charge is -2.42. The van der Waals surface area contributed by atoms with Crippen LogP contribution in [0.3, 0.4) is 0 Å². The topological polar surface area (TPSA) is 67.9 Å². The first-order chi connectivity index (χ1) is 14.2. The lowest BCUT2D eigenvalue weighted by molar-refractivity contribution is -0.143. The second-order valence-corrected chi connectivity index (χ2v) is 9.69. The van der Waals surface area contributed by atoms with E-state index in [4.69, 9.17) is 5.73 Å². The average Bonchev–Trinajstić information content (AvgIpc) is 2.96. The average molecular weight is 438 g/mol. The molecule has 1 saturated heterocycles. The van der Waals surface area contributed by atoms with Crippen LogP contribution in [0.4, 0.5) is 24.8 Å². The third-order valence-corrected chi connectivity index (χ3v) is 7.69. The maximum absolute atomic E-state index is 13.2. The van der Waals surface area contributed by atoms with Gasteiger partial charge < -0.3 is 10.6 Å². The molecule has 162 valence electrons. The summed E-state index contributed by atoms with van der Waals surface area (Å²) in [5, 5.41) is 0.254. The van der Waals surface area contributed by atoms with Gasteiger partial charge in [0.05, 0.1) is 6.20 Å². The summed E-state index contributed by atoms with van der Waals surface area (Å²) in [7, 11) is 0. The van der Waals surface area contributed by atoms with Crippen LogP contribution >= 0.6 is 11.8 Å². The van der Waals surface area contributed by atoms with Gasteiger partial charge >= 0.3 is 6.18 Å². The number of hydrogen-bond acceptors (Lipinski definition) is 6. The Balaban J connectivity index is 1.48. The lowest BCUT2D eigenvalue weighted by atomic mass is 9.71. The standard InChI is InChI=1S/C21H26F3N5S/c1-13-10-14(2)20(11-13)5-8-29(9-6-20)16-12-27-19(18(25)28-16)30-15-4-3-7-26-17(15)21(22,23)24/h3-4,7,12-14H,5-6,8-11H2,1-2H3,(H2,25,28)/t13?,14-/m1/s1. The summed E-state index contributed by atoms with van der Waals surface area (Å²) in [6.07, 6.45) is 3.04. The van der Waals surface area contributed by atoms with Crippen LogP contribution in [0.15, 0.2) is 34.4 Å². The molecule has 4 rings (SSSR count). The van der Waals surface area contributed by atoms with E-state index in [1.807, 2.05) is 0 Å². The minimum Gasteiger partial charge on any atom is -0.381 e. The molecule has 9 heteroatoms. The highest BCUT2D eigenvalue weighted by molar-refractivity contribution is 7.99. The van der Waals surface area contributed by atoms with E-state index in [1.165, 1.54) is 25.0 Å². The first kappa shape index (κ1) is 21.2. The fourth-order valence-corrected chi connectivity index (χ4v) is 5.99. The summed E-state index contributed by atoms with van der Waals surface area (Å²) in [5.41, 5.74) is 5.55. The monoisotopic (exact) mass is 437 g/mol. The molecule has 2 atom stereocenters. The first-order valence-electron chi connectivity index (χ1n) is 10.3. The number of anilines is 2. The smallest absolute Gasteiger partial charge is 0.381 e. The number of alkyl halides is 3. The minimum atomic E-state index is -4.54. The maximum Gasteiger partial charge on any atom is 0.434 e. The van der Waals surface area contributed by atoms with Crippen molar-refractivity contribution >= 4 is 23.4 Å². The number of halogens is 3. The number of pyridine rings is 1. The molecule has 2 aromatic rings. The number of aromatic nitrogens is 3. The number of nitrogens with two attached hydrogens (primary N) is 1. The van der Waals surface area contributed by atoms with Crippen LogP contribution in [-0.2, 0) is 6.18 Å². The molecule has 1 saturated carbocycles. The zero-order valence-electron chi connectivity index (χ0n) is 17.1. The van der Waals surface area contributed by atoms with E-state index in [0.29, 0.717) is 11.2 Å². The second-order valence-electron chi connectivity index (χ2n) is 8.66. The van der Waals surface area contributed by atoms with Gasteiger partial charge in [0.1, 0.15) is 10.8 Å². The largest absolute Gasteiger partial charge is 0.434 e. The molecule has 3 heterocycles. The van der Waals surface area contributed by atoms with Crippen molar-refractivity contribution in [2.45, 2.75) is 55.6 Å². The fourth-order valence-electron chi connectivity index (χ4n) is 5.11. The molecule has 2 fully saturated rings. The molecule has 0 radical (unpaired) electrons. The Labute approximate surface area is 178 Å². The van der Waals surface area contributed by atoms with Gasteiger partial charge in [0.15, 0.2) is 11.5 Å². The molecule has 2 N–H and O–H groups in total. The van der Waals surface area contributed by atoms with Gasteiger partial charge in [-0.05, 0) is 55.1 Å². The summed E-state index contributed by atoms with van der Waals surface area (Å²) in [6.45, 7) is 6.51. The molecule has 0 bridgehead atoms. The molecule has 1 spiro atoms. The summed E-state index contributed by atoms with van der Waals surface area (Å²) >= 11 is 0.839. The Bertz CT molecular complexity index is 912. The molecule has 2 aliphatic rings. The number of rotatable bonds is 3. The normalized spacial score (nSPS) is 23.8. The van der Waals surface area contributed by atoms with Crippen molar-refractivity contribution < 1.29 is 13.2 Å².